The van der Waals surface area contributed by atoms with Gasteiger partial charge in [0.2, 0.25) is 0 Å². The number of sulfone groups is 1. The lowest BCUT2D eigenvalue weighted by Crippen LogP contribution is -2.46. The van der Waals surface area contributed by atoms with Crippen molar-refractivity contribution in [2.24, 2.45) is 0 Å². The number of carboxylic acid groups (broad SMARTS) is 1. The third kappa shape index (κ3) is 8.27. The Balaban J connectivity index is 1.87. The summed E-state index contributed by atoms with van der Waals surface area (Å²) >= 11 is 0. The first-order valence-electron chi connectivity index (χ1n) is 10.6. The minimum absolute atomic E-state index is 0.0398. The number of carbonyl (C=O) groups is 1. The van der Waals surface area contributed by atoms with Crippen molar-refractivity contribution in [3.8, 4) is 11.8 Å². The summed E-state index contributed by atoms with van der Waals surface area (Å²) in [4.78, 5) is 13.6. The van der Waals surface area contributed by atoms with Gasteiger partial charge in [0.05, 0.1) is 12.9 Å². The fourth-order valence-corrected chi connectivity index (χ4v) is 4.50. The van der Waals surface area contributed by atoms with Gasteiger partial charge in [-0.2, -0.15) is 8.42 Å². The largest absolute Gasteiger partial charge is 0.480 e. The van der Waals surface area contributed by atoms with Crippen LogP contribution in [0.1, 0.15) is 43.7 Å². The lowest BCUT2D eigenvalue weighted by atomic mass is 9.98. The van der Waals surface area contributed by atoms with E-state index in [-0.39, 0.29) is 13.0 Å². The van der Waals surface area contributed by atoms with Crippen molar-refractivity contribution in [3.63, 3.8) is 0 Å². The second kappa shape index (κ2) is 11.3. The lowest BCUT2D eigenvalue weighted by molar-refractivity contribution is -0.139. The van der Waals surface area contributed by atoms with Gasteiger partial charge in [0.25, 0.3) is 10.1 Å². The molecule has 1 aromatic carbocycles. The molecule has 182 valence electrons. The maximum Gasteiger partial charge on any atom is 0.324 e. The van der Waals surface area contributed by atoms with Crippen LogP contribution in [0.2, 0.25) is 0 Å². The average molecular weight is 498 g/mol. The summed E-state index contributed by atoms with van der Waals surface area (Å²) in [6.07, 6.45) is 5.98. The fraction of sp³-hybridized carbons (Fsp3) is 0.522. The highest BCUT2D eigenvalue weighted by Crippen LogP contribution is 2.25. The molecule has 0 amide bonds. The molecule has 1 N–H and O–H groups in total. The first-order valence-corrected chi connectivity index (χ1v) is 14.3. The third-order valence-electron chi connectivity index (χ3n) is 5.70. The van der Waals surface area contributed by atoms with E-state index in [1.54, 1.807) is 0 Å². The Labute approximate surface area is 196 Å². The molecular weight excluding hydrogens is 466 g/mol. The molecule has 0 bridgehead atoms. The number of aliphatic carboxylic acids is 1. The Kier molecular flexibility index (Phi) is 9.26. The molecule has 0 radical (unpaired) electrons. The van der Waals surface area contributed by atoms with Crippen LogP contribution in [0, 0.1) is 11.8 Å². The van der Waals surface area contributed by atoms with Crippen LogP contribution in [0.15, 0.2) is 30.3 Å². The van der Waals surface area contributed by atoms with E-state index < -0.39 is 30.7 Å². The van der Waals surface area contributed by atoms with Gasteiger partial charge in [-0.3, -0.25) is 13.9 Å². The number of hydrogen-bond donors (Lipinski definition) is 1. The van der Waals surface area contributed by atoms with Crippen LogP contribution in [0.3, 0.4) is 0 Å². The van der Waals surface area contributed by atoms with Gasteiger partial charge < -0.3 is 5.11 Å². The number of hydrogen-bond acceptors (Lipinski definition) is 7. The number of unbranched alkanes of at least 4 members (excludes halogenated alkanes) is 1. The van der Waals surface area contributed by atoms with E-state index in [9.17, 15) is 26.7 Å². The van der Waals surface area contributed by atoms with Crippen molar-refractivity contribution in [1.29, 1.82) is 0 Å². The predicted molar refractivity (Wildman–Crippen MR) is 128 cm³/mol. The van der Waals surface area contributed by atoms with Crippen LogP contribution in [0.5, 0.6) is 0 Å². The molecule has 1 atom stereocenters. The molecule has 8 nitrogen and oxygen atoms in total. The highest BCUT2D eigenvalue weighted by atomic mass is 32.2. The normalized spacial score (nSPS) is 16.9. The van der Waals surface area contributed by atoms with Crippen molar-refractivity contribution in [3.05, 3.63) is 41.5 Å². The molecule has 0 aromatic heterocycles. The van der Waals surface area contributed by atoms with Crippen molar-refractivity contribution in [2.45, 2.75) is 37.4 Å². The second-order valence-electron chi connectivity index (χ2n) is 8.35. The van der Waals surface area contributed by atoms with E-state index in [1.807, 2.05) is 24.3 Å². The standard InChI is InChI=1S/C23H31NO7S2/c1-23(22(25)26,32(2,27)28)14-17-24-15-12-21(13-16-24)20-10-8-19(9-11-20)7-5-4-6-18-31-33(3,29)30/h8-12H,4,6,13-18H2,1-3H3,(H,25,26). The van der Waals surface area contributed by atoms with Crippen molar-refractivity contribution in [1.82, 2.24) is 4.90 Å². The lowest BCUT2D eigenvalue weighted by Gasteiger charge is -2.30. The SMILES string of the molecule is CC(CCN1CC=C(c2ccc(C#CCCCOS(C)(=O)=O)cc2)CC1)(C(=O)O)S(C)(=O)=O. The van der Waals surface area contributed by atoms with Crippen molar-refractivity contribution >= 4 is 31.5 Å². The third-order valence-corrected chi connectivity index (χ3v) is 8.31. The monoisotopic (exact) mass is 497 g/mol. The number of nitrogens with zero attached hydrogens (tertiary/aromatic N) is 1. The van der Waals surface area contributed by atoms with E-state index in [2.05, 4.69) is 27.0 Å². The number of benzene rings is 1. The van der Waals surface area contributed by atoms with Gasteiger partial charge in [0.15, 0.2) is 14.6 Å². The zero-order chi connectivity index (χ0) is 24.7. The highest BCUT2D eigenvalue weighted by Gasteiger charge is 2.43. The van der Waals surface area contributed by atoms with E-state index in [0.717, 1.165) is 36.6 Å². The van der Waals surface area contributed by atoms with Crippen molar-refractivity contribution < 1.29 is 30.9 Å². The van der Waals surface area contributed by atoms with E-state index in [1.165, 1.54) is 12.5 Å². The summed E-state index contributed by atoms with van der Waals surface area (Å²) in [6.45, 7) is 3.14. The Hall–Kier alpha value is -2.19. The second-order valence-corrected chi connectivity index (χ2v) is 12.4. The number of rotatable bonds is 10. The molecule has 1 unspecified atom stereocenters. The van der Waals surface area contributed by atoms with Crippen LogP contribution < -0.4 is 0 Å². The summed E-state index contributed by atoms with van der Waals surface area (Å²) in [6, 6.07) is 7.88. The van der Waals surface area contributed by atoms with Gasteiger partial charge >= 0.3 is 5.97 Å². The Morgan fingerprint density at radius 1 is 1.18 bits per heavy atom. The summed E-state index contributed by atoms with van der Waals surface area (Å²) < 4.78 is 48.5. The molecule has 0 saturated carbocycles. The summed E-state index contributed by atoms with van der Waals surface area (Å²) in [7, 11) is -7.13. The molecule has 0 spiro atoms. The van der Waals surface area contributed by atoms with Crippen LogP contribution in [0.4, 0.5) is 0 Å². The maximum absolute atomic E-state index is 11.9. The van der Waals surface area contributed by atoms with E-state index >= 15 is 0 Å². The zero-order valence-corrected chi connectivity index (χ0v) is 20.8. The van der Waals surface area contributed by atoms with Gasteiger partial charge in [-0.25, -0.2) is 8.42 Å². The highest BCUT2D eigenvalue weighted by molar-refractivity contribution is 7.92. The first-order chi connectivity index (χ1) is 15.3. The molecule has 1 aliphatic heterocycles. The first kappa shape index (κ1) is 27.1. The predicted octanol–water partition coefficient (Wildman–Crippen LogP) is 2.16. The molecule has 1 heterocycles. The zero-order valence-electron chi connectivity index (χ0n) is 19.2. The Morgan fingerprint density at radius 2 is 1.85 bits per heavy atom. The molecule has 0 aliphatic carbocycles. The van der Waals surface area contributed by atoms with Gasteiger partial charge in [-0.05, 0) is 49.5 Å². The fourth-order valence-electron chi connectivity index (χ4n) is 3.30. The molecule has 0 saturated heterocycles. The van der Waals surface area contributed by atoms with Crippen LogP contribution in [-0.2, 0) is 28.9 Å². The molecular formula is C23H31NO7S2. The minimum Gasteiger partial charge on any atom is -0.480 e. The molecule has 0 fully saturated rings. The van der Waals surface area contributed by atoms with E-state index in [0.29, 0.717) is 25.9 Å². The smallest absolute Gasteiger partial charge is 0.324 e. The summed E-state index contributed by atoms with van der Waals surface area (Å²) in [5.74, 6) is 4.74. The average Bonchev–Trinajstić information content (AvgIpc) is 2.73. The maximum atomic E-state index is 11.9. The Morgan fingerprint density at radius 3 is 2.36 bits per heavy atom. The molecule has 1 aromatic rings. The van der Waals surface area contributed by atoms with Crippen LogP contribution >= 0.6 is 0 Å². The van der Waals surface area contributed by atoms with Crippen LogP contribution in [-0.4, -0.2) is 76.3 Å². The van der Waals surface area contributed by atoms with E-state index in [4.69, 9.17) is 0 Å². The summed E-state index contributed by atoms with van der Waals surface area (Å²) in [5.41, 5.74) is 3.15. The van der Waals surface area contributed by atoms with Gasteiger partial charge in [-0.1, -0.05) is 30.0 Å². The molecule has 33 heavy (non-hydrogen) atoms. The van der Waals surface area contributed by atoms with Gasteiger partial charge in [0, 0.05) is 37.9 Å². The van der Waals surface area contributed by atoms with Crippen molar-refractivity contribution in [2.75, 3.05) is 38.8 Å². The molecule has 10 heteroatoms. The topological polar surface area (TPSA) is 118 Å². The van der Waals surface area contributed by atoms with Crippen LogP contribution in [0.25, 0.3) is 5.57 Å². The molecule has 1 aliphatic rings. The Bertz CT molecular complexity index is 1140. The number of carboxylic acids is 1. The molecule has 2 rings (SSSR count). The quantitative estimate of drug-likeness (QED) is 0.297. The minimum atomic E-state index is -3.72. The van der Waals surface area contributed by atoms with Gasteiger partial charge in [0.1, 0.15) is 0 Å². The van der Waals surface area contributed by atoms with Gasteiger partial charge in [-0.15, -0.1) is 0 Å². The summed E-state index contributed by atoms with van der Waals surface area (Å²) in [5, 5.41) is 9.39.